The van der Waals surface area contributed by atoms with Crippen LogP contribution in [0.25, 0.3) is 88.4 Å². The lowest BCUT2D eigenvalue weighted by molar-refractivity contribution is 0.754. The van der Waals surface area contributed by atoms with E-state index in [2.05, 4.69) is 275 Å². The Labute approximate surface area is 406 Å². The topological polar surface area (TPSA) is 13.1 Å². The summed E-state index contributed by atoms with van der Waals surface area (Å²) in [4.78, 5) is 2.47. The molecule has 0 N–H and O–H groups in total. The Kier molecular flexibility index (Phi) is 8.28. The summed E-state index contributed by atoms with van der Waals surface area (Å²) in [5.74, 6) is 0. The van der Waals surface area contributed by atoms with Crippen LogP contribution in [0.15, 0.2) is 261 Å². The van der Waals surface area contributed by atoms with E-state index in [0.717, 1.165) is 17.1 Å². The molecule has 0 saturated carbocycles. The number of benzene rings is 11. The molecule has 70 heavy (non-hydrogen) atoms. The molecule has 0 fully saturated rings. The monoisotopic (exact) mass is 889 g/mol. The second-order valence-electron chi connectivity index (χ2n) is 18.8. The van der Waals surface area contributed by atoms with Crippen molar-refractivity contribution in [2.75, 3.05) is 4.90 Å². The normalized spacial score (nSPS) is 13.2. The van der Waals surface area contributed by atoms with Crippen molar-refractivity contribution in [2.45, 2.75) is 5.41 Å². The SMILES string of the molecule is c1ccc(-c2ccc(-c3ccc(-n4c5ccccc5c5cc6c(cc54)C4(c5cc7c(cc5-6)c5ccccc5n7-c5ccccc5)c5ccccc5N(c5ccccc5)c5ccccc54)cc3)cc2)cc1. The van der Waals surface area contributed by atoms with Crippen LogP contribution in [0.2, 0.25) is 0 Å². The molecular weight excluding hydrogens is 847 g/mol. The predicted molar refractivity (Wildman–Crippen MR) is 292 cm³/mol. The lowest BCUT2D eigenvalue weighted by Gasteiger charge is -2.45. The standard InChI is InChI=1S/C67H43N3/c1-4-18-44(19-5-1)45-32-34-46(35-33-45)47-36-38-50(39-37-47)69-62-29-15-11-25-52(62)56-41-54-53-40-55-51-24-10-14-28-61(51)68(48-20-6-2-7-21-48)65(55)42-59(53)67(60(54)43-66(56)69)57-26-12-16-30-63(57)70(49-22-8-3-9-23-49)64-31-17-13-27-58(64)67/h1-43H. The van der Waals surface area contributed by atoms with Crippen molar-refractivity contribution in [1.29, 1.82) is 0 Å². The van der Waals surface area contributed by atoms with E-state index >= 15 is 0 Å². The number of fused-ring (bicyclic) bond motifs is 15. The van der Waals surface area contributed by atoms with Gasteiger partial charge in [-0.1, -0.05) is 176 Å². The number of anilines is 3. The average Bonchev–Trinajstić information content (AvgIpc) is 4.05. The van der Waals surface area contributed by atoms with Crippen LogP contribution in [0, 0.1) is 0 Å². The number of para-hydroxylation sites is 6. The van der Waals surface area contributed by atoms with Crippen LogP contribution >= 0.6 is 0 Å². The molecule has 0 unspecified atom stereocenters. The highest BCUT2D eigenvalue weighted by molar-refractivity contribution is 6.15. The third-order valence-electron chi connectivity index (χ3n) is 15.3. The summed E-state index contributed by atoms with van der Waals surface area (Å²) in [7, 11) is 0. The lowest BCUT2D eigenvalue weighted by atomic mass is 9.64. The van der Waals surface area contributed by atoms with E-state index in [4.69, 9.17) is 0 Å². The van der Waals surface area contributed by atoms with Crippen LogP contribution in [0.1, 0.15) is 22.3 Å². The van der Waals surface area contributed by atoms with Gasteiger partial charge < -0.3 is 14.0 Å². The van der Waals surface area contributed by atoms with E-state index in [9.17, 15) is 0 Å². The molecule has 3 heterocycles. The van der Waals surface area contributed by atoms with E-state index in [1.807, 2.05) is 0 Å². The van der Waals surface area contributed by atoms with Crippen LogP contribution in [0.3, 0.4) is 0 Å². The van der Waals surface area contributed by atoms with Gasteiger partial charge in [0.1, 0.15) is 0 Å². The fraction of sp³-hybridized carbons (Fsp3) is 0.0149. The molecule has 3 heteroatoms. The number of nitrogens with zero attached hydrogens (tertiary/aromatic N) is 3. The van der Waals surface area contributed by atoms with Gasteiger partial charge in [0, 0.05) is 38.6 Å². The Morgan fingerprint density at radius 2 is 0.614 bits per heavy atom. The minimum Gasteiger partial charge on any atom is -0.310 e. The highest BCUT2D eigenvalue weighted by Gasteiger charge is 2.52. The maximum absolute atomic E-state index is 2.56. The molecule has 13 aromatic rings. The molecule has 1 aliphatic heterocycles. The molecule has 326 valence electrons. The highest BCUT2D eigenvalue weighted by atomic mass is 15.2. The lowest BCUT2D eigenvalue weighted by Crippen LogP contribution is -2.36. The maximum Gasteiger partial charge on any atom is 0.0755 e. The van der Waals surface area contributed by atoms with E-state index in [-0.39, 0.29) is 0 Å². The van der Waals surface area contributed by atoms with Crippen LogP contribution < -0.4 is 4.90 Å². The third-order valence-corrected chi connectivity index (χ3v) is 15.3. The molecule has 0 atom stereocenters. The minimum atomic E-state index is -0.666. The minimum absolute atomic E-state index is 0.666. The average molecular weight is 890 g/mol. The van der Waals surface area contributed by atoms with Crippen molar-refractivity contribution in [3.8, 4) is 44.8 Å². The van der Waals surface area contributed by atoms with E-state index in [0.29, 0.717) is 0 Å². The van der Waals surface area contributed by atoms with E-state index < -0.39 is 5.41 Å². The summed E-state index contributed by atoms with van der Waals surface area (Å²) < 4.78 is 4.96. The summed E-state index contributed by atoms with van der Waals surface area (Å²) in [5, 5.41) is 4.99. The molecule has 1 aliphatic carbocycles. The summed E-state index contributed by atoms with van der Waals surface area (Å²) in [5.41, 5.74) is 22.4. The number of rotatable bonds is 5. The van der Waals surface area contributed by atoms with Crippen molar-refractivity contribution < 1.29 is 0 Å². The molecule has 3 nitrogen and oxygen atoms in total. The molecule has 0 amide bonds. The Morgan fingerprint density at radius 3 is 1.11 bits per heavy atom. The van der Waals surface area contributed by atoms with Gasteiger partial charge in [0.2, 0.25) is 0 Å². The van der Waals surface area contributed by atoms with Gasteiger partial charge in [-0.2, -0.15) is 0 Å². The first-order valence-corrected chi connectivity index (χ1v) is 24.3. The number of aromatic nitrogens is 2. The second kappa shape index (κ2) is 14.9. The zero-order valence-electron chi connectivity index (χ0n) is 38.2. The van der Waals surface area contributed by atoms with Crippen LogP contribution in [-0.2, 0) is 5.41 Å². The fourth-order valence-corrected chi connectivity index (χ4v) is 12.3. The number of hydrogen-bond acceptors (Lipinski definition) is 1. The summed E-state index contributed by atoms with van der Waals surface area (Å²) in [6, 6.07) is 96.7. The summed E-state index contributed by atoms with van der Waals surface area (Å²) >= 11 is 0. The van der Waals surface area contributed by atoms with Crippen molar-refractivity contribution in [1.82, 2.24) is 9.13 Å². The quantitative estimate of drug-likeness (QED) is 0.168. The Bertz CT molecular complexity index is 4150. The molecule has 0 saturated heterocycles. The zero-order valence-corrected chi connectivity index (χ0v) is 38.2. The molecule has 15 rings (SSSR count). The fourth-order valence-electron chi connectivity index (χ4n) is 12.3. The molecule has 2 aromatic heterocycles. The molecule has 1 spiro atoms. The predicted octanol–water partition coefficient (Wildman–Crippen LogP) is 17.4. The third kappa shape index (κ3) is 5.40. The Hall–Kier alpha value is -9.18. The molecule has 11 aromatic carbocycles. The van der Waals surface area contributed by atoms with Gasteiger partial charge in [-0.15, -0.1) is 0 Å². The first-order chi connectivity index (χ1) is 34.7. The first-order valence-electron chi connectivity index (χ1n) is 24.3. The van der Waals surface area contributed by atoms with Gasteiger partial charge >= 0.3 is 0 Å². The van der Waals surface area contributed by atoms with Crippen LogP contribution in [0.5, 0.6) is 0 Å². The van der Waals surface area contributed by atoms with Crippen molar-refractivity contribution in [2.24, 2.45) is 0 Å². The van der Waals surface area contributed by atoms with Crippen molar-refractivity contribution >= 4 is 60.7 Å². The molecule has 2 aliphatic rings. The largest absolute Gasteiger partial charge is 0.310 e. The van der Waals surface area contributed by atoms with Gasteiger partial charge in [-0.25, -0.2) is 0 Å². The Balaban J connectivity index is 1.02. The van der Waals surface area contributed by atoms with Gasteiger partial charge in [-0.05, 0) is 141 Å². The van der Waals surface area contributed by atoms with Gasteiger partial charge in [-0.3, -0.25) is 0 Å². The van der Waals surface area contributed by atoms with Gasteiger partial charge in [0.05, 0.1) is 38.9 Å². The van der Waals surface area contributed by atoms with Gasteiger partial charge in [0.15, 0.2) is 0 Å². The van der Waals surface area contributed by atoms with Gasteiger partial charge in [0.25, 0.3) is 0 Å². The van der Waals surface area contributed by atoms with Crippen LogP contribution in [-0.4, -0.2) is 9.13 Å². The summed E-state index contributed by atoms with van der Waals surface area (Å²) in [6.45, 7) is 0. The first kappa shape index (κ1) is 38.9. The maximum atomic E-state index is 2.56. The van der Waals surface area contributed by atoms with Crippen molar-refractivity contribution in [3.05, 3.63) is 283 Å². The molecule has 0 radical (unpaired) electrons. The molecule has 0 bridgehead atoms. The summed E-state index contributed by atoms with van der Waals surface area (Å²) in [6.07, 6.45) is 0. The highest BCUT2D eigenvalue weighted by Crippen LogP contribution is 2.65. The van der Waals surface area contributed by atoms with E-state index in [1.165, 1.54) is 111 Å². The van der Waals surface area contributed by atoms with E-state index in [1.54, 1.807) is 0 Å². The Morgan fingerprint density at radius 1 is 0.243 bits per heavy atom. The smallest absolute Gasteiger partial charge is 0.0755 e. The van der Waals surface area contributed by atoms with Crippen molar-refractivity contribution in [3.63, 3.8) is 0 Å². The number of hydrogen-bond donors (Lipinski definition) is 0. The second-order valence-corrected chi connectivity index (χ2v) is 18.8. The van der Waals surface area contributed by atoms with Crippen LogP contribution in [0.4, 0.5) is 17.1 Å². The molecular formula is C67H43N3. The zero-order chi connectivity index (χ0) is 45.9.